The zero-order chi connectivity index (χ0) is 12.3. The summed E-state index contributed by atoms with van der Waals surface area (Å²) in [6, 6.07) is 1.36. The van der Waals surface area contributed by atoms with Crippen molar-refractivity contribution in [3.05, 3.63) is 0 Å². The first kappa shape index (κ1) is 13.3. The Bertz CT molecular complexity index is 232. The zero-order valence-corrected chi connectivity index (χ0v) is 11.4. The lowest BCUT2D eigenvalue weighted by Gasteiger charge is -2.27. The molecule has 0 radical (unpaired) electrons. The lowest BCUT2D eigenvalue weighted by Crippen LogP contribution is -2.38. The molecule has 3 heteroatoms. The molecule has 100 valence electrons. The molecule has 2 rings (SSSR count). The number of rotatable bonds is 4. The van der Waals surface area contributed by atoms with Crippen molar-refractivity contribution in [1.82, 2.24) is 10.2 Å². The van der Waals surface area contributed by atoms with Gasteiger partial charge in [0.25, 0.3) is 0 Å². The van der Waals surface area contributed by atoms with Crippen molar-refractivity contribution in [3.63, 3.8) is 0 Å². The third-order valence-electron chi connectivity index (χ3n) is 4.40. The molecule has 0 aromatic rings. The number of hydrogen-bond donors (Lipinski definition) is 2. The van der Waals surface area contributed by atoms with Crippen molar-refractivity contribution in [1.29, 1.82) is 0 Å². The van der Waals surface area contributed by atoms with Gasteiger partial charge in [-0.25, -0.2) is 0 Å². The molecule has 1 aliphatic carbocycles. The van der Waals surface area contributed by atoms with Gasteiger partial charge in [0.15, 0.2) is 0 Å². The molecule has 3 nitrogen and oxygen atoms in total. The van der Waals surface area contributed by atoms with Gasteiger partial charge in [0.05, 0.1) is 6.10 Å². The van der Waals surface area contributed by atoms with Crippen LogP contribution < -0.4 is 5.32 Å². The molecule has 1 saturated heterocycles. The number of hydrogen-bond acceptors (Lipinski definition) is 3. The Morgan fingerprint density at radius 2 is 2.12 bits per heavy atom. The van der Waals surface area contributed by atoms with Gasteiger partial charge in [-0.1, -0.05) is 6.42 Å². The third kappa shape index (κ3) is 3.94. The van der Waals surface area contributed by atoms with Gasteiger partial charge >= 0.3 is 0 Å². The van der Waals surface area contributed by atoms with E-state index >= 15 is 0 Å². The average molecular weight is 240 g/mol. The summed E-state index contributed by atoms with van der Waals surface area (Å²) in [5.41, 5.74) is 0. The van der Waals surface area contributed by atoms with Gasteiger partial charge in [-0.3, -0.25) is 4.90 Å². The molecule has 2 fully saturated rings. The van der Waals surface area contributed by atoms with E-state index in [9.17, 15) is 5.11 Å². The highest BCUT2D eigenvalue weighted by Crippen LogP contribution is 2.24. The molecule has 0 spiro atoms. The molecule has 17 heavy (non-hydrogen) atoms. The molecule has 3 unspecified atom stereocenters. The maximum atomic E-state index is 9.65. The van der Waals surface area contributed by atoms with E-state index in [-0.39, 0.29) is 6.10 Å². The van der Waals surface area contributed by atoms with Gasteiger partial charge in [0.1, 0.15) is 0 Å². The fourth-order valence-corrected chi connectivity index (χ4v) is 3.20. The highest BCUT2D eigenvalue weighted by atomic mass is 16.3. The number of nitrogens with one attached hydrogen (secondary N) is 1. The highest BCUT2D eigenvalue weighted by molar-refractivity contribution is 4.84. The lowest BCUT2D eigenvalue weighted by molar-refractivity contribution is 0.0996. The summed E-state index contributed by atoms with van der Waals surface area (Å²) in [4.78, 5) is 2.55. The Hall–Kier alpha value is -0.120. The summed E-state index contributed by atoms with van der Waals surface area (Å²) < 4.78 is 0. The summed E-state index contributed by atoms with van der Waals surface area (Å²) in [6.45, 7) is 8.10. The number of likely N-dealkylation sites (tertiary alicyclic amines) is 1. The Kier molecular flexibility index (Phi) is 4.83. The molecule has 0 amide bonds. The minimum Gasteiger partial charge on any atom is -0.393 e. The maximum Gasteiger partial charge on any atom is 0.0543 e. The molecule has 2 aliphatic rings. The molecule has 2 N–H and O–H groups in total. The van der Waals surface area contributed by atoms with Crippen molar-refractivity contribution in [2.24, 2.45) is 5.92 Å². The second-order valence-electron chi connectivity index (χ2n) is 6.17. The summed E-state index contributed by atoms with van der Waals surface area (Å²) in [5.74, 6) is 0.701. The van der Waals surface area contributed by atoms with E-state index in [1.807, 2.05) is 0 Å². The van der Waals surface area contributed by atoms with E-state index in [1.54, 1.807) is 0 Å². The van der Waals surface area contributed by atoms with Crippen molar-refractivity contribution in [2.75, 3.05) is 19.6 Å². The Balaban J connectivity index is 1.65. The Morgan fingerprint density at radius 1 is 1.29 bits per heavy atom. The normalized spacial score (nSPS) is 35.6. The van der Waals surface area contributed by atoms with E-state index in [0.717, 1.165) is 19.4 Å². The molecule has 3 atom stereocenters. The fraction of sp³-hybridized carbons (Fsp3) is 1.00. The van der Waals surface area contributed by atoms with Crippen molar-refractivity contribution < 1.29 is 5.11 Å². The molecule has 0 aromatic carbocycles. The third-order valence-corrected chi connectivity index (χ3v) is 4.40. The van der Waals surface area contributed by atoms with E-state index in [2.05, 4.69) is 24.1 Å². The predicted molar refractivity (Wildman–Crippen MR) is 71.1 cm³/mol. The minimum absolute atomic E-state index is 0.0358. The SMILES string of the molecule is CC(C)N1CCC(NCC2CCCC(O)C2)C1. The number of aliphatic hydroxyl groups is 1. The average Bonchev–Trinajstić information content (AvgIpc) is 2.75. The fourth-order valence-electron chi connectivity index (χ4n) is 3.20. The highest BCUT2D eigenvalue weighted by Gasteiger charge is 2.25. The number of nitrogens with zero attached hydrogens (tertiary/aromatic N) is 1. The standard InChI is InChI=1S/C14H28N2O/c1-11(2)16-7-6-13(10-16)15-9-12-4-3-5-14(17)8-12/h11-15,17H,3-10H2,1-2H3. The summed E-state index contributed by atoms with van der Waals surface area (Å²) in [5, 5.41) is 13.4. The number of aliphatic hydroxyl groups excluding tert-OH is 1. The molecular weight excluding hydrogens is 212 g/mol. The predicted octanol–water partition coefficient (Wildman–Crippen LogP) is 1.61. The van der Waals surface area contributed by atoms with Crippen LogP contribution in [0.15, 0.2) is 0 Å². The topological polar surface area (TPSA) is 35.5 Å². The van der Waals surface area contributed by atoms with Crippen molar-refractivity contribution in [3.8, 4) is 0 Å². The second kappa shape index (κ2) is 6.17. The van der Waals surface area contributed by atoms with Crippen LogP contribution in [0.1, 0.15) is 46.0 Å². The van der Waals surface area contributed by atoms with E-state index in [4.69, 9.17) is 0 Å². The van der Waals surface area contributed by atoms with Gasteiger partial charge < -0.3 is 10.4 Å². The lowest BCUT2D eigenvalue weighted by atomic mass is 9.87. The molecule has 0 aromatic heterocycles. The van der Waals surface area contributed by atoms with Crippen LogP contribution in [0, 0.1) is 5.92 Å². The summed E-state index contributed by atoms with van der Waals surface area (Å²) in [7, 11) is 0. The first-order chi connectivity index (χ1) is 8.15. The van der Waals surface area contributed by atoms with Gasteiger partial charge in [-0.15, -0.1) is 0 Å². The van der Waals surface area contributed by atoms with Gasteiger partial charge in [0, 0.05) is 18.6 Å². The molecule has 1 aliphatic heterocycles. The van der Waals surface area contributed by atoms with E-state index in [0.29, 0.717) is 18.0 Å². The zero-order valence-electron chi connectivity index (χ0n) is 11.4. The van der Waals surface area contributed by atoms with Crippen LogP contribution in [0.3, 0.4) is 0 Å². The molecule has 0 bridgehead atoms. The monoisotopic (exact) mass is 240 g/mol. The first-order valence-corrected chi connectivity index (χ1v) is 7.30. The van der Waals surface area contributed by atoms with Crippen LogP contribution >= 0.6 is 0 Å². The summed E-state index contributed by atoms with van der Waals surface area (Å²) in [6.07, 6.45) is 5.77. The second-order valence-corrected chi connectivity index (χ2v) is 6.17. The molecule has 1 heterocycles. The first-order valence-electron chi connectivity index (χ1n) is 7.30. The quantitative estimate of drug-likeness (QED) is 0.783. The largest absolute Gasteiger partial charge is 0.393 e. The van der Waals surface area contributed by atoms with Crippen LogP contribution in [-0.4, -0.2) is 47.8 Å². The van der Waals surface area contributed by atoms with Gasteiger partial charge in [0.2, 0.25) is 0 Å². The molecular formula is C14H28N2O. The smallest absolute Gasteiger partial charge is 0.0543 e. The van der Waals surface area contributed by atoms with E-state index < -0.39 is 0 Å². The molecule has 1 saturated carbocycles. The van der Waals surface area contributed by atoms with Gasteiger partial charge in [-0.2, -0.15) is 0 Å². The Labute approximate surface area is 106 Å². The minimum atomic E-state index is -0.0358. The maximum absolute atomic E-state index is 9.65. The van der Waals surface area contributed by atoms with Crippen molar-refractivity contribution >= 4 is 0 Å². The summed E-state index contributed by atoms with van der Waals surface area (Å²) >= 11 is 0. The van der Waals surface area contributed by atoms with Gasteiger partial charge in [-0.05, 0) is 58.5 Å². The van der Waals surface area contributed by atoms with Crippen molar-refractivity contribution in [2.45, 2.75) is 64.1 Å². The van der Waals surface area contributed by atoms with Crippen LogP contribution in [0.5, 0.6) is 0 Å². The van der Waals surface area contributed by atoms with Crippen LogP contribution in [-0.2, 0) is 0 Å². The Morgan fingerprint density at radius 3 is 2.76 bits per heavy atom. The van der Waals surface area contributed by atoms with E-state index in [1.165, 1.54) is 32.4 Å². The van der Waals surface area contributed by atoms with Crippen LogP contribution in [0.25, 0.3) is 0 Å². The van der Waals surface area contributed by atoms with Crippen LogP contribution in [0.4, 0.5) is 0 Å². The van der Waals surface area contributed by atoms with Crippen LogP contribution in [0.2, 0.25) is 0 Å².